The van der Waals surface area contributed by atoms with Crippen LogP contribution in [-0.4, -0.2) is 34.7 Å². The fraction of sp³-hybridized carbons (Fsp3) is 0.333. The van der Waals surface area contributed by atoms with Gasteiger partial charge in [-0.15, -0.1) is 0 Å². The summed E-state index contributed by atoms with van der Waals surface area (Å²) in [5.41, 5.74) is 9.14. The first-order valence-corrected chi connectivity index (χ1v) is 6.73. The molecule has 2 aromatic rings. The van der Waals surface area contributed by atoms with Crippen LogP contribution in [-0.2, 0) is 0 Å². The molecule has 0 unspecified atom stereocenters. The van der Waals surface area contributed by atoms with E-state index in [4.69, 9.17) is 5.73 Å². The van der Waals surface area contributed by atoms with Gasteiger partial charge in [0.25, 0.3) is 5.91 Å². The molecule has 3 rings (SSSR count). The topological polar surface area (TPSA) is 64.2 Å². The predicted octanol–water partition coefficient (Wildman–Crippen LogP) is 2.03. The number of carbonyl (C=O) groups is 1. The van der Waals surface area contributed by atoms with Gasteiger partial charge < -0.3 is 10.6 Å². The van der Waals surface area contributed by atoms with Crippen molar-refractivity contribution in [3.8, 4) is 5.69 Å². The highest BCUT2D eigenvalue weighted by molar-refractivity contribution is 5.95. The second-order valence-electron chi connectivity index (χ2n) is 5.43. The molecule has 0 atom stereocenters. The van der Waals surface area contributed by atoms with Crippen LogP contribution in [0.4, 0.5) is 5.69 Å². The molecule has 0 bridgehead atoms. The minimum absolute atomic E-state index is 0.0533. The maximum Gasteiger partial charge on any atom is 0.253 e. The average molecular weight is 270 g/mol. The first kappa shape index (κ1) is 12.7. The van der Waals surface area contributed by atoms with Crippen molar-refractivity contribution in [3.05, 3.63) is 41.7 Å². The zero-order chi connectivity index (χ0) is 14.3. The molecule has 1 fully saturated rings. The number of nitrogens with two attached hydrogens (primary N) is 1. The molecule has 2 N–H and O–H groups in total. The van der Waals surface area contributed by atoms with Crippen molar-refractivity contribution in [1.82, 2.24) is 14.7 Å². The molecule has 104 valence electrons. The molecule has 1 aliphatic carbocycles. The fourth-order valence-corrected chi connectivity index (χ4v) is 2.22. The Balaban J connectivity index is 1.91. The van der Waals surface area contributed by atoms with Crippen molar-refractivity contribution >= 4 is 11.6 Å². The largest absolute Gasteiger partial charge is 0.397 e. The highest BCUT2D eigenvalue weighted by Gasteiger charge is 2.26. The van der Waals surface area contributed by atoms with Crippen molar-refractivity contribution in [2.45, 2.75) is 18.8 Å². The van der Waals surface area contributed by atoms with Gasteiger partial charge in [-0.1, -0.05) is 0 Å². The lowest BCUT2D eigenvalue weighted by atomic mass is 10.1. The second-order valence-corrected chi connectivity index (χ2v) is 5.43. The summed E-state index contributed by atoms with van der Waals surface area (Å²) in [6, 6.07) is 7.37. The molecule has 0 saturated heterocycles. The molecule has 0 aliphatic heterocycles. The Bertz CT molecular complexity index is 656. The van der Waals surface area contributed by atoms with E-state index in [0.717, 1.165) is 11.4 Å². The van der Waals surface area contributed by atoms with E-state index in [-0.39, 0.29) is 5.91 Å². The van der Waals surface area contributed by atoms with Crippen LogP contribution in [0.2, 0.25) is 0 Å². The average Bonchev–Trinajstić information content (AvgIpc) is 3.16. The normalized spacial score (nSPS) is 14.3. The number of benzene rings is 1. The Kier molecular flexibility index (Phi) is 2.97. The Morgan fingerprint density at radius 1 is 1.35 bits per heavy atom. The highest BCUT2D eigenvalue weighted by atomic mass is 16.2. The first-order valence-electron chi connectivity index (χ1n) is 6.73. The van der Waals surface area contributed by atoms with Gasteiger partial charge in [0, 0.05) is 31.8 Å². The van der Waals surface area contributed by atoms with Gasteiger partial charge in [-0.25, -0.2) is 4.68 Å². The van der Waals surface area contributed by atoms with Crippen molar-refractivity contribution < 1.29 is 4.79 Å². The highest BCUT2D eigenvalue weighted by Crippen LogP contribution is 2.39. The van der Waals surface area contributed by atoms with Gasteiger partial charge in [0.05, 0.1) is 17.1 Å². The first-order chi connectivity index (χ1) is 9.56. The maximum absolute atomic E-state index is 11.9. The summed E-state index contributed by atoms with van der Waals surface area (Å²) in [5.74, 6) is 0.564. The number of nitrogens with zero attached hydrogens (tertiary/aromatic N) is 3. The van der Waals surface area contributed by atoms with Crippen molar-refractivity contribution in [2.24, 2.45) is 0 Å². The zero-order valence-electron chi connectivity index (χ0n) is 11.7. The minimum Gasteiger partial charge on any atom is -0.397 e. The quantitative estimate of drug-likeness (QED) is 0.868. The second kappa shape index (κ2) is 4.67. The van der Waals surface area contributed by atoms with Crippen LogP contribution < -0.4 is 5.73 Å². The number of aromatic nitrogens is 2. The molecule has 1 saturated carbocycles. The van der Waals surface area contributed by atoms with E-state index < -0.39 is 0 Å². The molecule has 0 spiro atoms. The lowest BCUT2D eigenvalue weighted by Gasteiger charge is -2.12. The van der Waals surface area contributed by atoms with Crippen molar-refractivity contribution in [2.75, 3.05) is 19.8 Å². The SMILES string of the molecule is CN(C)C(=O)c1ccc(-n2ccc(C3CC3)n2)c(N)c1. The molecule has 1 aromatic carbocycles. The number of carbonyl (C=O) groups excluding carboxylic acids is 1. The fourth-order valence-electron chi connectivity index (χ4n) is 2.22. The minimum atomic E-state index is -0.0533. The smallest absolute Gasteiger partial charge is 0.253 e. The van der Waals surface area contributed by atoms with Crippen LogP contribution in [0.3, 0.4) is 0 Å². The van der Waals surface area contributed by atoms with Gasteiger partial charge in [-0.3, -0.25) is 4.79 Å². The summed E-state index contributed by atoms with van der Waals surface area (Å²) in [4.78, 5) is 13.4. The van der Waals surface area contributed by atoms with Crippen LogP contribution in [0.25, 0.3) is 5.69 Å². The van der Waals surface area contributed by atoms with Crippen LogP contribution in [0.15, 0.2) is 30.5 Å². The Hall–Kier alpha value is -2.30. The molecular formula is C15H18N4O. The number of amides is 1. The Morgan fingerprint density at radius 3 is 2.70 bits per heavy atom. The van der Waals surface area contributed by atoms with Gasteiger partial charge in [-0.05, 0) is 37.1 Å². The van der Waals surface area contributed by atoms with Gasteiger partial charge in [-0.2, -0.15) is 5.10 Å². The Morgan fingerprint density at radius 2 is 2.10 bits per heavy atom. The van der Waals surface area contributed by atoms with Crippen LogP contribution >= 0.6 is 0 Å². The number of anilines is 1. The number of nitrogen functional groups attached to an aromatic ring is 1. The van der Waals surface area contributed by atoms with Crippen molar-refractivity contribution in [1.29, 1.82) is 0 Å². The third kappa shape index (κ3) is 2.27. The van der Waals surface area contributed by atoms with E-state index in [1.807, 2.05) is 18.3 Å². The zero-order valence-corrected chi connectivity index (χ0v) is 11.7. The van der Waals surface area contributed by atoms with E-state index in [9.17, 15) is 4.79 Å². The monoisotopic (exact) mass is 270 g/mol. The Labute approximate surface area is 118 Å². The summed E-state index contributed by atoms with van der Waals surface area (Å²) >= 11 is 0. The van der Waals surface area contributed by atoms with E-state index in [1.165, 1.54) is 17.7 Å². The lowest BCUT2D eigenvalue weighted by Crippen LogP contribution is -2.21. The van der Waals surface area contributed by atoms with E-state index in [1.54, 1.807) is 30.9 Å². The molecule has 0 radical (unpaired) electrons. The predicted molar refractivity (Wildman–Crippen MR) is 78.0 cm³/mol. The van der Waals surface area contributed by atoms with Crippen LogP contribution in [0, 0.1) is 0 Å². The molecule has 1 heterocycles. The van der Waals surface area contributed by atoms with Gasteiger partial charge in [0.15, 0.2) is 0 Å². The molecule has 5 nitrogen and oxygen atoms in total. The molecule has 5 heteroatoms. The summed E-state index contributed by atoms with van der Waals surface area (Å²) < 4.78 is 1.78. The van der Waals surface area contributed by atoms with E-state index >= 15 is 0 Å². The maximum atomic E-state index is 11.9. The molecule has 1 amide bonds. The number of hydrogen-bond donors (Lipinski definition) is 1. The lowest BCUT2D eigenvalue weighted by molar-refractivity contribution is 0.0827. The number of hydrogen-bond acceptors (Lipinski definition) is 3. The summed E-state index contributed by atoms with van der Waals surface area (Å²) in [6.07, 6.45) is 4.37. The molecular weight excluding hydrogens is 252 g/mol. The third-order valence-corrected chi connectivity index (χ3v) is 3.53. The van der Waals surface area contributed by atoms with Gasteiger partial charge in [0.2, 0.25) is 0 Å². The van der Waals surface area contributed by atoms with E-state index in [0.29, 0.717) is 17.2 Å². The molecule has 1 aliphatic rings. The van der Waals surface area contributed by atoms with Crippen LogP contribution in [0.5, 0.6) is 0 Å². The summed E-state index contributed by atoms with van der Waals surface area (Å²) in [5, 5.41) is 4.55. The van der Waals surface area contributed by atoms with Gasteiger partial charge in [0.1, 0.15) is 0 Å². The standard InChI is InChI=1S/C15H18N4O/c1-18(2)15(20)11-5-6-14(12(16)9-11)19-8-7-13(17-19)10-3-4-10/h5-10H,3-4,16H2,1-2H3. The number of rotatable bonds is 3. The summed E-state index contributed by atoms with van der Waals surface area (Å²) in [7, 11) is 3.45. The van der Waals surface area contributed by atoms with Crippen LogP contribution in [0.1, 0.15) is 34.8 Å². The third-order valence-electron chi connectivity index (χ3n) is 3.53. The van der Waals surface area contributed by atoms with E-state index in [2.05, 4.69) is 5.10 Å². The van der Waals surface area contributed by atoms with Crippen molar-refractivity contribution in [3.63, 3.8) is 0 Å². The van der Waals surface area contributed by atoms with Gasteiger partial charge >= 0.3 is 0 Å². The molecule has 20 heavy (non-hydrogen) atoms. The molecule has 1 aromatic heterocycles. The summed E-state index contributed by atoms with van der Waals surface area (Å²) in [6.45, 7) is 0.